The standard InChI is InChI=1S/2C22H30N2O2/c1-13(25)24-12-14-11-22(3)15(10-19(14)23-24)4-5-16-17-6-7-20(26)21(17,2)9-8-18(16)22;1-13(25)24-19-10-15-4-5-16-17-6-7-20(26)21(17,2)9-8-18(16)22(15,3)11-14(19)12-23-24/h2*12,15-18H,4-11H2,1-3H3/t2*15-,16-,17-,18-,21-,22-/m00/s1. The fourth-order valence-electron chi connectivity index (χ4n) is 15.1. The normalized spacial score (nSPS) is 44.0. The number of aromatic nitrogens is 4. The molecular formula is C44H60N4O4. The second-order valence-corrected chi connectivity index (χ2v) is 20.0. The number of rotatable bonds is 0. The zero-order chi connectivity index (χ0) is 36.5. The molecule has 8 aliphatic carbocycles. The monoisotopic (exact) mass is 708 g/mol. The van der Waals surface area contributed by atoms with Crippen molar-refractivity contribution in [3.63, 3.8) is 0 Å². The van der Waals surface area contributed by atoms with Crippen molar-refractivity contribution >= 4 is 23.4 Å². The highest BCUT2D eigenvalue weighted by Gasteiger charge is 2.62. The Kier molecular flexibility index (Phi) is 7.91. The van der Waals surface area contributed by atoms with E-state index in [-0.39, 0.29) is 22.6 Å². The van der Waals surface area contributed by atoms with Crippen molar-refractivity contribution in [2.75, 3.05) is 0 Å². The van der Waals surface area contributed by atoms with Crippen LogP contribution >= 0.6 is 0 Å². The molecule has 2 heterocycles. The fraction of sp³-hybridized carbons (Fsp3) is 0.773. The lowest BCUT2D eigenvalue weighted by Gasteiger charge is -2.59. The number of ketones is 2. The van der Waals surface area contributed by atoms with E-state index in [1.54, 1.807) is 18.5 Å². The average Bonchev–Trinajstić information content (AvgIpc) is 3.85. The summed E-state index contributed by atoms with van der Waals surface area (Å²) in [7, 11) is 0. The minimum Gasteiger partial charge on any atom is -0.299 e. The van der Waals surface area contributed by atoms with Gasteiger partial charge in [0.1, 0.15) is 11.6 Å². The highest BCUT2D eigenvalue weighted by Crippen LogP contribution is 2.66. The van der Waals surface area contributed by atoms with Crippen molar-refractivity contribution in [2.24, 2.45) is 69.0 Å². The summed E-state index contributed by atoms with van der Waals surface area (Å²) in [5, 5.41) is 8.96. The van der Waals surface area contributed by atoms with Crippen molar-refractivity contribution in [2.45, 2.75) is 144 Å². The minimum absolute atomic E-state index is 0.00306. The quantitative estimate of drug-likeness (QED) is 0.274. The molecule has 2 aromatic heterocycles. The molecule has 8 nitrogen and oxygen atoms in total. The van der Waals surface area contributed by atoms with E-state index in [9.17, 15) is 19.2 Å². The lowest BCUT2D eigenvalue weighted by Crippen LogP contribution is -2.54. The van der Waals surface area contributed by atoms with E-state index in [0.717, 1.165) is 87.4 Å². The molecule has 10 rings (SSSR count). The third-order valence-corrected chi connectivity index (χ3v) is 18.0. The molecule has 6 fully saturated rings. The van der Waals surface area contributed by atoms with Crippen molar-refractivity contribution in [3.8, 4) is 0 Å². The summed E-state index contributed by atoms with van der Waals surface area (Å²) in [5.41, 5.74) is 5.41. The number of Topliss-reactive ketones (excluding diaryl/α,β-unsaturated/α-hetero) is 2. The van der Waals surface area contributed by atoms with Gasteiger partial charge < -0.3 is 0 Å². The maximum atomic E-state index is 12.6. The first-order valence-electron chi connectivity index (χ1n) is 20.9. The highest BCUT2D eigenvalue weighted by atomic mass is 16.2. The van der Waals surface area contributed by atoms with E-state index in [1.165, 1.54) is 54.3 Å². The fourth-order valence-corrected chi connectivity index (χ4v) is 15.1. The minimum atomic E-state index is -0.0380. The Labute approximate surface area is 309 Å². The van der Waals surface area contributed by atoms with Crippen LogP contribution in [0.4, 0.5) is 0 Å². The SMILES string of the molecule is CC(=O)n1cc2c(n1)C[C@@H]1CC[C@@H]3[C@H](CC[C@]4(C)C(=O)CC[C@@H]34)[C@@]1(C)C2.CC(=O)n1ncc2c1C[C@@H]1CC[C@@H]3[C@H](CC[C@]4(C)C(=O)CC[C@@H]34)[C@@]1(C)C2. The van der Waals surface area contributed by atoms with Gasteiger partial charge in [0.25, 0.3) is 0 Å². The van der Waals surface area contributed by atoms with Gasteiger partial charge in [-0.1, -0.05) is 27.7 Å². The third kappa shape index (κ3) is 4.82. The Hall–Kier alpha value is -2.90. The summed E-state index contributed by atoms with van der Waals surface area (Å²) >= 11 is 0. The van der Waals surface area contributed by atoms with Gasteiger partial charge in [0, 0.05) is 43.7 Å². The Balaban J connectivity index is 0.000000138. The summed E-state index contributed by atoms with van der Waals surface area (Å²) in [4.78, 5) is 48.8. The van der Waals surface area contributed by atoms with E-state index in [2.05, 4.69) is 37.9 Å². The summed E-state index contributed by atoms with van der Waals surface area (Å²) < 4.78 is 3.17. The lowest BCUT2D eigenvalue weighted by molar-refractivity contribution is -0.137. The molecule has 0 N–H and O–H groups in total. The van der Waals surface area contributed by atoms with Gasteiger partial charge in [-0.2, -0.15) is 10.2 Å². The van der Waals surface area contributed by atoms with Crippen LogP contribution in [0.1, 0.15) is 151 Å². The molecule has 8 heteroatoms. The number of fused-ring (bicyclic) bond motifs is 12. The molecule has 0 saturated heterocycles. The zero-order valence-electron chi connectivity index (χ0n) is 32.5. The Morgan fingerprint density at radius 3 is 1.75 bits per heavy atom. The van der Waals surface area contributed by atoms with Crippen LogP contribution in [0.25, 0.3) is 0 Å². The average molecular weight is 709 g/mol. The van der Waals surface area contributed by atoms with Crippen LogP contribution in [-0.4, -0.2) is 42.9 Å². The molecule has 6 saturated carbocycles. The Morgan fingerprint density at radius 2 is 1.21 bits per heavy atom. The molecule has 0 amide bonds. The molecule has 0 unspecified atom stereocenters. The van der Waals surface area contributed by atoms with E-state index in [0.29, 0.717) is 57.9 Å². The highest BCUT2D eigenvalue weighted by molar-refractivity contribution is 5.87. The van der Waals surface area contributed by atoms with Crippen LogP contribution in [0, 0.1) is 69.0 Å². The molecule has 8 aliphatic rings. The molecule has 0 aromatic carbocycles. The first-order chi connectivity index (χ1) is 24.7. The molecule has 52 heavy (non-hydrogen) atoms. The van der Waals surface area contributed by atoms with Crippen LogP contribution in [0.2, 0.25) is 0 Å². The third-order valence-electron chi connectivity index (χ3n) is 18.0. The predicted molar refractivity (Wildman–Crippen MR) is 198 cm³/mol. The van der Waals surface area contributed by atoms with Crippen LogP contribution in [0.5, 0.6) is 0 Å². The maximum Gasteiger partial charge on any atom is 0.243 e. The van der Waals surface area contributed by atoms with Crippen molar-refractivity contribution in [1.29, 1.82) is 0 Å². The van der Waals surface area contributed by atoms with Gasteiger partial charge in [-0.3, -0.25) is 19.2 Å². The van der Waals surface area contributed by atoms with Crippen LogP contribution < -0.4 is 0 Å². The van der Waals surface area contributed by atoms with Crippen LogP contribution in [0.15, 0.2) is 12.4 Å². The van der Waals surface area contributed by atoms with Crippen molar-refractivity contribution in [3.05, 3.63) is 34.9 Å². The smallest absolute Gasteiger partial charge is 0.243 e. The summed E-state index contributed by atoms with van der Waals surface area (Å²) in [5.74, 6) is 6.49. The number of hydrogen-bond acceptors (Lipinski definition) is 6. The van der Waals surface area contributed by atoms with Crippen LogP contribution in [-0.2, 0) is 35.3 Å². The first kappa shape index (κ1) is 34.8. The molecule has 0 radical (unpaired) electrons. The maximum absolute atomic E-state index is 12.6. The molecule has 2 aromatic rings. The predicted octanol–water partition coefficient (Wildman–Crippen LogP) is 8.14. The van der Waals surface area contributed by atoms with E-state index >= 15 is 0 Å². The second kappa shape index (κ2) is 11.8. The van der Waals surface area contributed by atoms with E-state index in [1.807, 2.05) is 12.4 Å². The summed E-state index contributed by atoms with van der Waals surface area (Å²) in [6.07, 6.45) is 21.5. The summed E-state index contributed by atoms with van der Waals surface area (Å²) in [6.45, 7) is 12.7. The van der Waals surface area contributed by atoms with Crippen LogP contribution in [0.3, 0.4) is 0 Å². The number of nitrogens with zero attached hydrogens (tertiary/aromatic N) is 4. The van der Waals surface area contributed by atoms with Gasteiger partial charge in [-0.15, -0.1) is 0 Å². The molecule has 0 bridgehead atoms. The number of hydrogen-bond donors (Lipinski definition) is 0. The van der Waals surface area contributed by atoms with E-state index in [4.69, 9.17) is 0 Å². The first-order valence-corrected chi connectivity index (χ1v) is 20.9. The van der Waals surface area contributed by atoms with Crippen molar-refractivity contribution in [1.82, 2.24) is 19.6 Å². The van der Waals surface area contributed by atoms with Gasteiger partial charge in [-0.05, 0) is 159 Å². The van der Waals surface area contributed by atoms with Gasteiger partial charge >= 0.3 is 0 Å². The van der Waals surface area contributed by atoms with Gasteiger partial charge in [0.15, 0.2) is 0 Å². The molecule has 280 valence electrons. The van der Waals surface area contributed by atoms with E-state index < -0.39 is 0 Å². The molecular weight excluding hydrogens is 649 g/mol. The largest absolute Gasteiger partial charge is 0.299 e. The van der Waals surface area contributed by atoms with Gasteiger partial charge in [0.05, 0.1) is 17.6 Å². The number of carbonyl (C=O) groups excluding carboxylic acids is 4. The van der Waals surface area contributed by atoms with Gasteiger partial charge in [0.2, 0.25) is 11.8 Å². The number of carbonyl (C=O) groups is 4. The lowest BCUT2D eigenvalue weighted by atomic mass is 9.45. The molecule has 12 atom stereocenters. The Bertz CT molecular complexity index is 1800. The topological polar surface area (TPSA) is 104 Å². The molecule has 0 spiro atoms. The Morgan fingerprint density at radius 1 is 0.673 bits per heavy atom. The molecule has 0 aliphatic heterocycles. The van der Waals surface area contributed by atoms with Gasteiger partial charge in [-0.25, -0.2) is 9.36 Å². The van der Waals surface area contributed by atoms with Crippen molar-refractivity contribution < 1.29 is 19.2 Å². The zero-order valence-corrected chi connectivity index (χ0v) is 32.5. The summed E-state index contributed by atoms with van der Waals surface area (Å²) in [6, 6.07) is 0. The second-order valence-electron chi connectivity index (χ2n) is 20.0.